The Morgan fingerprint density at radius 2 is 1.79 bits per heavy atom. The summed E-state index contributed by atoms with van der Waals surface area (Å²) in [5.41, 5.74) is 4.70. The number of nitrogens with zero attached hydrogens (tertiary/aromatic N) is 2. The van der Waals surface area contributed by atoms with E-state index in [-0.39, 0.29) is 11.8 Å². The van der Waals surface area contributed by atoms with Crippen LogP contribution in [0.2, 0.25) is 0 Å². The summed E-state index contributed by atoms with van der Waals surface area (Å²) in [6.45, 7) is 4.87. The fourth-order valence-corrected chi connectivity index (χ4v) is 4.02. The van der Waals surface area contributed by atoms with Gasteiger partial charge in [0.2, 0.25) is 0 Å². The maximum absolute atomic E-state index is 13.0. The molecule has 0 unspecified atom stereocenters. The zero-order valence-electron chi connectivity index (χ0n) is 18.8. The summed E-state index contributed by atoms with van der Waals surface area (Å²) in [7, 11) is 0. The van der Waals surface area contributed by atoms with Crippen molar-refractivity contribution in [2.45, 2.75) is 6.92 Å². The third-order valence-electron chi connectivity index (χ3n) is 5.88. The second-order valence-electron chi connectivity index (χ2n) is 8.23. The van der Waals surface area contributed by atoms with Gasteiger partial charge < -0.3 is 25.3 Å². The van der Waals surface area contributed by atoms with Crippen LogP contribution in [0.1, 0.15) is 26.3 Å². The molecule has 3 N–H and O–H groups in total. The first-order valence-corrected chi connectivity index (χ1v) is 11.2. The molecule has 1 aliphatic rings. The SMILES string of the molecule is Cc1ccc(C(=O)Nc2cccc(N3CCOCC3)c2)cc1C(=O)Nc1cnc2[nH]ccc2c1. The molecule has 8 heteroatoms. The van der Waals surface area contributed by atoms with Gasteiger partial charge in [0, 0.05) is 47.2 Å². The molecule has 2 amide bonds. The number of fused-ring (bicyclic) bond motifs is 1. The minimum absolute atomic E-state index is 0.274. The highest BCUT2D eigenvalue weighted by atomic mass is 16.5. The molecule has 0 aliphatic carbocycles. The number of hydrogen-bond acceptors (Lipinski definition) is 5. The molecular weight excluding hydrogens is 430 g/mol. The number of anilines is 3. The number of amides is 2. The van der Waals surface area contributed by atoms with E-state index in [0.717, 1.165) is 35.4 Å². The average Bonchev–Trinajstić information content (AvgIpc) is 3.33. The second-order valence-corrected chi connectivity index (χ2v) is 8.23. The van der Waals surface area contributed by atoms with Gasteiger partial charge in [0.05, 0.1) is 25.1 Å². The fraction of sp³-hybridized carbons (Fsp3) is 0.192. The minimum Gasteiger partial charge on any atom is -0.378 e. The lowest BCUT2D eigenvalue weighted by Gasteiger charge is -2.29. The van der Waals surface area contributed by atoms with Gasteiger partial charge in [0.1, 0.15) is 5.65 Å². The van der Waals surface area contributed by atoms with Crippen LogP contribution < -0.4 is 15.5 Å². The molecule has 1 fully saturated rings. The molecule has 0 bridgehead atoms. The number of ether oxygens (including phenoxy) is 1. The summed E-state index contributed by atoms with van der Waals surface area (Å²) < 4.78 is 5.42. The molecule has 1 saturated heterocycles. The van der Waals surface area contributed by atoms with E-state index in [1.807, 2.05) is 43.3 Å². The normalized spacial score (nSPS) is 13.6. The molecule has 0 saturated carbocycles. The number of carbonyl (C=O) groups is 2. The van der Waals surface area contributed by atoms with E-state index in [0.29, 0.717) is 35.7 Å². The van der Waals surface area contributed by atoms with Gasteiger partial charge in [-0.1, -0.05) is 12.1 Å². The van der Waals surface area contributed by atoms with Crippen molar-refractivity contribution >= 4 is 39.9 Å². The number of pyridine rings is 1. The quantitative estimate of drug-likeness (QED) is 0.419. The Balaban J connectivity index is 1.31. The molecular formula is C26H25N5O3. The molecule has 2 aromatic heterocycles. The van der Waals surface area contributed by atoms with Crippen molar-refractivity contribution in [3.63, 3.8) is 0 Å². The van der Waals surface area contributed by atoms with Crippen LogP contribution >= 0.6 is 0 Å². The van der Waals surface area contributed by atoms with Crippen LogP contribution in [-0.4, -0.2) is 48.1 Å². The molecule has 0 atom stereocenters. The van der Waals surface area contributed by atoms with E-state index < -0.39 is 0 Å². The third-order valence-corrected chi connectivity index (χ3v) is 5.88. The molecule has 4 aromatic rings. The first-order valence-electron chi connectivity index (χ1n) is 11.2. The minimum atomic E-state index is -0.293. The molecule has 5 rings (SSSR count). The van der Waals surface area contributed by atoms with Crippen LogP contribution in [0.4, 0.5) is 17.1 Å². The Kier molecular flexibility index (Phi) is 5.97. The number of morpholine rings is 1. The topological polar surface area (TPSA) is 99.3 Å². The van der Waals surface area contributed by atoms with Crippen LogP contribution in [-0.2, 0) is 4.74 Å². The van der Waals surface area contributed by atoms with E-state index in [2.05, 4.69) is 25.5 Å². The summed E-state index contributed by atoms with van der Waals surface area (Å²) in [6, 6.07) is 16.6. The van der Waals surface area contributed by atoms with Crippen molar-refractivity contribution < 1.29 is 14.3 Å². The third kappa shape index (κ3) is 4.62. The molecule has 3 heterocycles. The lowest BCUT2D eigenvalue weighted by molar-refractivity contribution is 0.102. The summed E-state index contributed by atoms with van der Waals surface area (Å²) in [5.74, 6) is -0.568. The molecule has 2 aromatic carbocycles. The number of aryl methyl sites for hydroxylation is 1. The van der Waals surface area contributed by atoms with Crippen LogP contribution in [0.3, 0.4) is 0 Å². The Morgan fingerprint density at radius 1 is 0.971 bits per heavy atom. The second kappa shape index (κ2) is 9.36. The highest BCUT2D eigenvalue weighted by molar-refractivity contribution is 6.09. The number of aromatic nitrogens is 2. The molecule has 8 nitrogen and oxygen atoms in total. The molecule has 34 heavy (non-hydrogen) atoms. The van der Waals surface area contributed by atoms with E-state index in [9.17, 15) is 9.59 Å². The first kappa shape index (κ1) is 21.7. The number of benzene rings is 2. The molecule has 0 spiro atoms. The van der Waals surface area contributed by atoms with Crippen molar-refractivity contribution in [3.05, 3.63) is 83.7 Å². The van der Waals surface area contributed by atoms with Gasteiger partial charge >= 0.3 is 0 Å². The van der Waals surface area contributed by atoms with Gasteiger partial charge in [0.15, 0.2) is 0 Å². The van der Waals surface area contributed by atoms with Crippen molar-refractivity contribution in [2.75, 3.05) is 41.8 Å². The molecule has 1 aliphatic heterocycles. The van der Waals surface area contributed by atoms with Crippen molar-refractivity contribution in [2.24, 2.45) is 0 Å². The lowest BCUT2D eigenvalue weighted by Crippen LogP contribution is -2.36. The maximum atomic E-state index is 13.0. The highest BCUT2D eigenvalue weighted by Crippen LogP contribution is 2.22. The van der Waals surface area contributed by atoms with Crippen LogP contribution in [0.5, 0.6) is 0 Å². The van der Waals surface area contributed by atoms with Gasteiger partial charge in [-0.2, -0.15) is 0 Å². The summed E-state index contributed by atoms with van der Waals surface area (Å²) in [4.78, 5) is 35.5. The number of H-pyrrole nitrogens is 1. The van der Waals surface area contributed by atoms with E-state index >= 15 is 0 Å². The van der Waals surface area contributed by atoms with Crippen LogP contribution in [0.15, 0.2) is 67.0 Å². The fourth-order valence-electron chi connectivity index (χ4n) is 4.02. The van der Waals surface area contributed by atoms with Crippen molar-refractivity contribution in [1.82, 2.24) is 9.97 Å². The average molecular weight is 456 g/mol. The maximum Gasteiger partial charge on any atom is 0.255 e. The zero-order valence-corrected chi connectivity index (χ0v) is 18.8. The Labute approximate surface area is 197 Å². The Hall–Kier alpha value is -4.17. The van der Waals surface area contributed by atoms with Crippen LogP contribution in [0, 0.1) is 6.92 Å². The molecule has 0 radical (unpaired) electrons. The van der Waals surface area contributed by atoms with Crippen molar-refractivity contribution in [1.29, 1.82) is 0 Å². The predicted molar refractivity (Wildman–Crippen MR) is 133 cm³/mol. The predicted octanol–water partition coefficient (Wildman–Crippen LogP) is 4.21. The standard InChI is InChI=1S/C26H25N5O3/c1-17-5-6-19(14-23(17)26(33)30-21-13-18-7-8-27-24(18)28-16-21)25(32)29-20-3-2-4-22(15-20)31-9-11-34-12-10-31/h2-8,13-16H,9-12H2,1H3,(H,27,28)(H,29,32)(H,30,33). The van der Waals surface area contributed by atoms with Gasteiger partial charge in [-0.05, 0) is 55.0 Å². The zero-order chi connectivity index (χ0) is 23.5. The summed E-state index contributed by atoms with van der Waals surface area (Å²) in [5, 5.41) is 6.73. The number of nitrogens with one attached hydrogen (secondary N) is 3. The number of rotatable bonds is 5. The number of carbonyl (C=O) groups excluding carboxylic acids is 2. The van der Waals surface area contributed by atoms with Gasteiger partial charge in [-0.3, -0.25) is 9.59 Å². The van der Waals surface area contributed by atoms with E-state index in [4.69, 9.17) is 4.74 Å². The van der Waals surface area contributed by atoms with Gasteiger partial charge in [-0.25, -0.2) is 4.98 Å². The van der Waals surface area contributed by atoms with E-state index in [1.54, 1.807) is 30.6 Å². The molecule has 172 valence electrons. The number of hydrogen-bond donors (Lipinski definition) is 3. The summed E-state index contributed by atoms with van der Waals surface area (Å²) in [6.07, 6.45) is 3.40. The summed E-state index contributed by atoms with van der Waals surface area (Å²) >= 11 is 0. The van der Waals surface area contributed by atoms with Gasteiger partial charge in [-0.15, -0.1) is 0 Å². The highest BCUT2D eigenvalue weighted by Gasteiger charge is 2.16. The van der Waals surface area contributed by atoms with E-state index in [1.165, 1.54) is 0 Å². The lowest BCUT2D eigenvalue weighted by atomic mass is 10.0. The Morgan fingerprint density at radius 3 is 2.65 bits per heavy atom. The van der Waals surface area contributed by atoms with Crippen molar-refractivity contribution in [3.8, 4) is 0 Å². The number of aromatic amines is 1. The monoisotopic (exact) mass is 455 g/mol. The van der Waals surface area contributed by atoms with Gasteiger partial charge in [0.25, 0.3) is 11.8 Å². The smallest absolute Gasteiger partial charge is 0.255 e. The van der Waals surface area contributed by atoms with Crippen LogP contribution in [0.25, 0.3) is 11.0 Å². The Bertz CT molecular complexity index is 1360. The first-order chi connectivity index (χ1) is 16.6. The largest absolute Gasteiger partial charge is 0.378 e.